The van der Waals surface area contributed by atoms with E-state index in [2.05, 4.69) is 10.6 Å². The zero-order valence-electron chi connectivity index (χ0n) is 18.0. The molecule has 0 saturated carbocycles. The third kappa shape index (κ3) is 6.96. The quantitative estimate of drug-likeness (QED) is 0.630. The number of aryl methyl sites for hydroxylation is 3. The summed E-state index contributed by atoms with van der Waals surface area (Å²) < 4.78 is 4.77. The first-order valence-corrected chi connectivity index (χ1v) is 9.52. The molecule has 0 bridgehead atoms. The second-order valence-corrected chi connectivity index (χ2v) is 7.45. The Bertz CT molecular complexity index is 695. The molecule has 7 heteroatoms. The monoisotopic (exact) mass is 391 g/mol. The van der Waals surface area contributed by atoms with Gasteiger partial charge in [-0.15, -0.1) is 0 Å². The van der Waals surface area contributed by atoms with E-state index in [1.54, 1.807) is 11.9 Å². The van der Waals surface area contributed by atoms with Gasteiger partial charge in [-0.05, 0) is 44.9 Å². The van der Waals surface area contributed by atoms with Crippen LogP contribution in [0.25, 0.3) is 0 Å². The molecule has 0 aliphatic carbocycles. The van der Waals surface area contributed by atoms with Crippen molar-refractivity contribution >= 4 is 23.5 Å². The van der Waals surface area contributed by atoms with E-state index in [0.29, 0.717) is 0 Å². The number of ether oxygens (including phenoxy) is 1. The Hall–Kier alpha value is -2.41. The van der Waals surface area contributed by atoms with Crippen LogP contribution in [0.15, 0.2) is 12.1 Å². The smallest absolute Gasteiger partial charge is 0.328 e. The van der Waals surface area contributed by atoms with Gasteiger partial charge in [-0.1, -0.05) is 38.0 Å². The molecule has 156 valence electrons. The molecule has 2 atom stereocenters. The Morgan fingerprint density at radius 1 is 1.07 bits per heavy atom. The van der Waals surface area contributed by atoms with Gasteiger partial charge in [0.2, 0.25) is 11.8 Å². The molecular formula is C21H33N3O4. The number of esters is 1. The lowest BCUT2D eigenvalue weighted by molar-refractivity contribution is -0.146. The molecule has 1 aromatic rings. The van der Waals surface area contributed by atoms with Crippen LogP contribution in [-0.4, -0.2) is 56.0 Å². The van der Waals surface area contributed by atoms with Crippen molar-refractivity contribution in [2.45, 2.75) is 47.1 Å². The number of nitrogens with zero attached hydrogens (tertiary/aromatic N) is 1. The zero-order chi connectivity index (χ0) is 21.4. The molecule has 1 aromatic carbocycles. The number of hydrogen-bond donors (Lipinski definition) is 2. The Morgan fingerprint density at radius 3 is 2.11 bits per heavy atom. The van der Waals surface area contributed by atoms with Gasteiger partial charge in [0.1, 0.15) is 6.04 Å². The van der Waals surface area contributed by atoms with Crippen molar-refractivity contribution in [1.82, 2.24) is 10.2 Å². The van der Waals surface area contributed by atoms with Crippen LogP contribution >= 0.6 is 0 Å². The molecule has 0 saturated heterocycles. The summed E-state index contributed by atoms with van der Waals surface area (Å²) in [6.07, 6.45) is 0.730. The zero-order valence-corrected chi connectivity index (χ0v) is 18.0. The number of carbonyl (C=O) groups excluding carboxylic acids is 3. The molecule has 7 nitrogen and oxygen atoms in total. The summed E-state index contributed by atoms with van der Waals surface area (Å²) >= 11 is 0. The van der Waals surface area contributed by atoms with Gasteiger partial charge in [0.15, 0.2) is 0 Å². The molecular weight excluding hydrogens is 358 g/mol. The van der Waals surface area contributed by atoms with Crippen LogP contribution in [0, 0.1) is 26.7 Å². The summed E-state index contributed by atoms with van der Waals surface area (Å²) in [7, 11) is 2.99. The number of amides is 2. The summed E-state index contributed by atoms with van der Waals surface area (Å²) in [6.45, 7) is 9.81. The van der Waals surface area contributed by atoms with Crippen molar-refractivity contribution in [1.29, 1.82) is 0 Å². The molecule has 0 radical (unpaired) electrons. The lowest BCUT2D eigenvalue weighted by Crippen LogP contribution is -2.49. The number of benzene rings is 1. The van der Waals surface area contributed by atoms with Crippen LogP contribution in [0.4, 0.5) is 5.69 Å². The SMILES string of the molecule is CC[C@H](C)[C@@H](NC(=O)CN(C)CC(=O)Nc1c(C)cc(C)cc1C)C(=O)OC. The molecule has 0 aliphatic heterocycles. The minimum atomic E-state index is -0.692. The summed E-state index contributed by atoms with van der Waals surface area (Å²) in [5.74, 6) is -1.03. The van der Waals surface area contributed by atoms with Gasteiger partial charge in [-0.3, -0.25) is 14.5 Å². The second kappa shape index (κ2) is 10.8. The van der Waals surface area contributed by atoms with E-state index in [9.17, 15) is 14.4 Å². The highest BCUT2D eigenvalue weighted by Gasteiger charge is 2.27. The maximum Gasteiger partial charge on any atom is 0.328 e. The van der Waals surface area contributed by atoms with Gasteiger partial charge in [0, 0.05) is 5.69 Å². The molecule has 2 amide bonds. The van der Waals surface area contributed by atoms with E-state index in [0.717, 1.165) is 28.8 Å². The number of carbonyl (C=O) groups is 3. The Kier molecular flexibility index (Phi) is 9.12. The van der Waals surface area contributed by atoms with Crippen molar-refractivity contribution in [3.63, 3.8) is 0 Å². The molecule has 28 heavy (non-hydrogen) atoms. The van der Waals surface area contributed by atoms with Crippen LogP contribution < -0.4 is 10.6 Å². The number of anilines is 1. The minimum absolute atomic E-state index is 0.00319. The van der Waals surface area contributed by atoms with Crippen LogP contribution in [0.3, 0.4) is 0 Å². The molecule has 0 heterocycles. The third-order valence-corrected chi connectivity index (χ3v) is 4.75. The third-order valence-electron chi connectivity index (χ3n) is 4.75. The normalized spacial score (nSPS) is 13.0. The number of methoxy groups -OCH3 is 1. The number of hydrogen-bond acceptors (Lipinski definition) is 5. The van der Waals surface area contributed by atoms with Crippen LogP contribution in [-0.2, 0) is 19.1 Å². The van der Waals surface area contributed by atoms with Gasteiger partial charge < -0.3 is 15.4 Å². The van der Waals surface area contributed by atoms with Gasteiger partial charge in [0.25, 0.3) is 0 Å². The van der Waals surface area contributed by atoms with Crippen molar-refractivity contribution in [2.24, 2.45) is 5.92 Å². The van der Waals surface area contributed by atoms with E-state index in [-0.39, 0.29) is 30.8 Å². The van der Waals surface area contributed by atoms with Crippen LogP contribution in [0.5, 0.6) is 0 Å². The maximum absolute atomic E-state index is 12.4. The maximum atomic E-state index is 12.4. The lowest BCUT2D eigenvalue weighted by atomic mass is 9.99. The first-order chi connectivity index (χ1) is 13.1. The summed E-state index contributed by atoms with van der Waals surface area (Å²) in [5.41, 5.74) is 3.95. The standard InChI is InChI=1S/C21H33N3O4/c1-8-14(3)20(21(27)28-7)23-18(26)12-24(6)11-17(25)22-19-15(4)9-13(2)10-16(19)5/h9-10,14,20H,8,11-12H2,1-7H3,(H,22,25)(H,23,26)/t14-,20+/m0/s1. The molecule has 2 N–H and O–H groups in total. The van der Waals surface area contributed by atoms with E-state index < -0.39 is 12.0 Å². The predicted molar refractivity (Wildman–Crippen MR) is 110 cm³/mol. The molecule has 0 aromatic heterocycles. The van der Waals surface area contributed by atoms with Crippen molar-refractivity contribution in [3.8, 4) is 0 Å². The highest BCUT2D eigenvalue weighted by Crippen LogP contribution is 2.21. The Labute approximate surface area is 167 Å². The van der Waals surface area contributed by atoms with E-state index >= 15 is 0 Å². The topological polar surface area (TPSA) is 87.7 Å². The average Bonchev–Trinajstić information content (AvgIpc) is 2.61. The summed E-state index contributed by atoms with van der Waals surface area (Å²) in [4.78, 5) is 38.2. The summed E-state index contributed by atoms with van der Waals surface area (Å²) in [5, 5.41) is 5.63. The van der Waals surface area contributed by atoms with Gasteiger partial charge in [-0.25, -0.2) is 4.79 Å². The van der Waals surface area contributed by atoms with Crippen molar-refractivity contribution in [3.05, 3.63) is 28.8 Å². The molecule has 0 spiro atoms. The highest BCUT2D eigenvalue weighted by molar-refractivity contribution is 5.94. The fourth-order valence-electron chi connectivity index (χ4n) is 3.12. The first-order valence-electron chi connectivity index (χ1n) is 9.52. The number of likely N-dealkylation sites (N-methyl/N-ethyl adjacent to an activating group) is 1. The van der Waals surface area contributed by atoms with E-state index in [1.165, 1.54) is 7.11 Å². The predicted octanol–water partition coefficient (Wildman–Crippen LogP) is 2.19. The van der Waals surface area contributed by atoms with Gasteiger partial charge >= 0.3 is 5.97 Å². The number of rotatable bonds is 9. The number of nitrogens with one attached hydrogen (secondary N) is 2. The van der Waals surface area contributed by atoms with Crippen LogP contribution in [0.1, 0.15) is 37.0 Å². The molecule has 0 fully saturated rings. The molecule has 1 rings (SSSR count). The molecule has 0 aliphatic rings. The van der Waals surface area contributed by atoms with Crippen LogP contribution in [0.2, 0.25) is 0 Å². The Balaban J connectivity index is 2.63. The van der Waals surface area contributed by atoms with E-state index in [1.807, 2.05) is 46.8 Å². The Morgan fingerprint density at radius 2 is 1.61 bits per heavy atom. The lowest BCUT2D eigenvalue weighted by Gasteiger charge is -2.23. The fourth-order valence-corrected chi connectivity index (χ4v) is 3.12. The van der Waals surface area contributed by atoms with Gasteiger partial charge in [-0.2, -0.15) is 0 Å². The average molecular weight is 392 g/mol. The summed E-state index contributed by atoms with van der Waals surface area (Å²) in [6, 6.07) is 3.34. The fraction of sp³-hybridized carbons (Fsp3) is 0.571. The molecule has 0 unspecified atom stereocenters. The van der Waals surface area contributed by atoms with Gasteiger partial charge in [0.05, 0.1) is 20.2 Å². The van der Waals surface area contributed by atoms with E-state index in [4.69, 9.17) is 4.74 Å². The minimum Gasteiger partial charge on any atom is -0.467 e. The van der Waals surface area contributed by atoms with Crippen molar-refractivity contribution in [2.75, 3.05) is 32.6 Å². The first kappa shape index (κ1) is 23.6. The highest BCUT2D eigenvalue weighted by atomic mass is 16.5. The largest absolute Gasteiger partial charge is 0.467 e. The second-order valence-electron chi connectivity index (χ2n) is 7.45. The van der Waals surface area contributed by atoms with Crippen molar-refractivity contribution < 1.29 is 19.1 Å².